The fourth-order valence-electron chi connectivity index (χ4n) is 2.97. The molecule has 0 aliphatic carbocycles. The van der Waals surface area contributed by atoms with Crippen molar-refractivity contribution in [3.63, 3.8) is 0 Å². The van der Waals surface area contributed by atoms with Crippen LogP contribution in [-0.2, 0) is 16.4 Å². The number of halogens is 1. The maximum atomic E-state index is 13.4. The summed E-state index contributed by atoms with van der Waals surface area (Å²) >= 11 is 0. The van der Waals surface area contributed by atoms with Crippen LogP contribution >= 0.6 is 0 Å². The van der Waals surface area contributed by atoms with Crippen molar-refractivity contribution >= 4 is 9.84 Å². The summed E-state index contributed by atoms with van der Waals surface area (Å²) in [4.78, 5) is 4.78. The normalized spacial score (nSPS) is 11.4. The van der Waals surface area contributed by atoms with Gasteiger partial charge in [-0.15, -0.1) is 0 Å². The highest BCUT2D eigenvalue weighted by Crippen LogP contribution is 2.33. The minimum atomic E-state index is -3.30. The molecule has 0 saturated carbocycles. The molecule has 0 N–H and O–H groups in total. The molecule has 1 heterocycles. The molecule has 0 aliphatic heterocycles. The van der Waals surface area contributed by atoms with Gasteiger partial charge in [0.1, 0.15) is 17.3 Å². The van der Waals surface area contributed by atoms with Gasteiger partial charge >= 0.3 is 0 Å². The predicted molar refractivity (Wildman–Crippen MR) is 111 cm³/mol. The molecule has 0 unspecified atom stereocenters. The molecule has 0 atom stereocenters. The van der Waals surface area contributed by atoms with E-state index in [0.29, 0.717) is 28.7 Å². The van der Waals surface area contributed by atoms with Crippen LogP contribution in [0.3, 0.4) is 0 Å². The van der Waals surface area contributed by atoms with E-state index in [1.165, 1.54) is 24.3 Å². The lowest BCUT2D eigenvalue weighted by atomic mass is 10.1. The lowest BCUT2D eigenvalue weighted by Crippen LogP contribution is -1.97. The number of aromatic nitrogens is 1. The molecule has 152 valence electrons. The van der Waals surface area contributed by atoms with Crippen LogP contribution in [0.25, 0.3) is 22.6 Å². The number of rotatable bonds is 6. The minimum Gasteiger partial charge on any atom is -0.484 e. The van der Waals surface area contributed by atoms with Crippen LogP contribution in [0.15, 0.2) is 88.2 Å². The zero-order valence-electron chi connectivity index (χ0n) is 16.1. The zero-order chi connectivity index (χ0) is 21.1. The largest absolute Gasteiger partial charge is 0.484 e. The van der Waals surface area contributed by atoms with Crippen molar-refractivity contribution in [1.29, 1.82) is 0 Å². The number of ether oxygens (including phenoxy) is 1. The highest BCUT2D eigenvalue weighted by Gasteiger charge is 2.18. The summed E-state index contributed by atoms with van der Waals surface area (Å²) in [5.41, 5.74) is 2.10. The molecule has 0 bridgehead atoms. The third-order valence-electron chi connectivity index (χ3n) is 4.42. The Kier molecular flexibility index (Phi) is 5.37. The molecule has 5 nitrogen and oxygen atoms in total. The average molecular weight is 423 g/mol. The Balaban J connectivity index is 1.69. The zero-order valence-corrected chi connectivity index (χ0v) is 16.9. The SMILES string of the molecule is CS(=O)(=O)c1ccc(-c2nc(COc3cccc(F)c3)oc2-c2ccccc2)cc1. The first-order valence-electron chi connectivity index (χ1n) is 9.14. The van der Waals surface area contributed by atoms with Crippen molar-refractivity contribution in [3.05, 3.63) is 90.6 Å². The van der Waals surface area contributed by atoms with Gasteiger partial charge in [0.15, 0.2) is 22.2 Å². The fourth-order valence-corrected chi connectivity index (χ4v) is 3.60. The quantitative estimate of drug-likeness (QED) is 0.430. The Labute approximate surface area is 173 Å². The molecular formula is C23H18FNO4S. The molecule has 0 spiro atoms. The van der Waals surface area contributed by atoms with Gasteiger partial charge in [-0.3, -0.25) is 0 Å². The second-order valence-corrected chi connectivity index (χ2v) is 8.71. The van der Waals surface area contributed by atoms with Crippen molar-refractivity contribution in [2.45, 2.75) is 11.5 Å². The van der Waals surface area contributed by atoms with Gasteiger partial charge in [0.25, 0.3) is 0 Å². The number of hydrogen-bond acceptors (Lipinski definition) is 5. The van der Waals surface area contributed by atoms with Gasteiger partial charge in [0.05, 0.1) is 4.90 Å². The van der Waals surface area contributed by atoms with Crippen molar-refractivity contribution in [2.75, 3.05) is 6.26 Å². The Morgan fingerprint density at radius 3 is 2.33 bits per heavy atom. The lowest BCUT2D eigenvalue weighted by molar-refractivity contribution is 0.263. The highest BCUT2D eigenvalue weighted by molar-refractivity contribution is 7.90. The number of oxazole rings is 1. The third-order valence-corrected chi connectivity index (χ3v) is 5.55. The number of benzene rings is 3. The van der Waals surface area contributed by atoms with Gasteiger partial charge in [-0.1, -0.05) is 48.5 Å². The van der Waals surface area contributed by atoms with E-state index >= 15 is 0 Å². The van der Waals surface area contributed by atoms with E-state index in [0.717, 1.165) is 11.8 Å². The fraction of sp³-hybridized carbons (Fsp3) is 0.0870. The number of hydrogen-bond donors (Lipinski definition) is 0. The molecule has 30 heavy (non-hydrogen) atoms. The molecule has 1 aromatic heterocycles. The van der Waals surface area contributed by atoms with Crippen molar-refractivity contribution in [3.8, 4) is 28.3 Å². The molecule has 0 aliphatic rings. The average Bonchev–Trinajstić information content (AvgIpc) is 3.17. The van der Waals surface area contributed by atoms with E-state index in [-0.39, 0.29) is 11.5 Å². The van der Waals surface area contributed by atoms with Gasteiger partial charge in [0, 0.05) is 23.4 Å². The first kappa shape index (κ1) is 19.8. The summed E-state index contributed by atoms with van der Waals surface area (Å²) in [6.07, 6.45) is 1.16. The van der Waals surface area contributed by atoms with E-state index in [2.05, 4.69) is 4.98 Å². The maximum Gasteiger partial charge on any atom is 0.233 e. The first-order valence-corrected chi connectivity index (χ1v) is 11.0. The maximum absolute atomic E-state index is 13.4. The third kappa shape index (κ3) is 4.41. The van der Waals surface area contributed by atoms with E-state index in [9.17, 15) is 12.8 Å². The van der Waals surface area contributed by atoms with Crippen LogP contribution < -0.4 is 4.74 Å². The molecule has 0 saturated heterocycles. The number of sulfone groups is 1. The smallest absolute Gasteiger partial charge is 0.233 e. The van der Waals surface area contributed by atoms with Crippen molar-refractivity contribution in [1.82, 2.24) is 4.98 Å². The van der Waals surface area contributed by atoms with E-state index in [1.54, 1.807) is 24.3 Å². The Morgan fingerprint density at radius 1 is 0.933 bits per heavy atom. The standard InChI is InChI=1S/C23H18FNO4S/c1-30(26,27)20-12-10-16(11-13-20)22-23(17-6-3-2-4-7-17)29-21(25-22)15-28-19-9-5-8-18(24)14-19/h2-14H,15H2,1H3. The van der Waals surface area contributed by atoms with Gasteiger partial charge < -0.3 is 9.15 Å². The minimum absolute atomic E-state index is 0.0186. The summed E-state index contributed by atoms with van der Waals surface area (Å²) in [6.45, 7) is 0.0186. The van der Waals surface area contributed by atoms with Gasteiger partial charge in [-0.25, -0.2) is 17.8 Å². The number of nitrogens with zero attached hydrogens (tertiary/aromatic N) is 1. The molecule has 7 heteroatoms. The molecule has 0 fully saturated rings. The summed E-state index contributed by atoms with van der Waals surface area (Å²) in [5, 5.41) is 0. The van der Waals surface area contributed by atoms with E-state index < -0.39 is 15.7 Å². The molecule has 4 rings (SSSR count). The summed E-state index contributed by atoms with van der Waals surface area (Å²) < 4.78 is 48.4. The molecular weight excluding hydrogens is 405 g/mol. The topological polar surface area (TPSA) is 69.4 Å². The summed E-state index contributed by atoms with van der Waals surface area (Å²) in [6, 6.07) is 21.8. The van der Waals surface area contributed by atoms with Crippen LogP contribution in [0.4, 0.5) is 4.39 Å². The van der Waals surface area contributed by atoms with Gasteiger partial charge in [0.2, 0.25) is 5.89 Å². The molecule has 3 aromatic carbocycles. The second-order valence-electron chi connectivity index (χ2n) is 6.69. The van der Waals surface area contributed by atoms with Crippen molar-refractivity contribution < 1.29 is 22.0 Å². The molecule has 4 aromatic rings. The monoisotopic (exact) mass is 423 g/mol. The Hall–Kier alpha value is -3.45. The summed E-state index contributed by atoms with van der Waals surface area (Å²) in [5.74, 6) is 0.839. The second kappa shape index (κ2) is 8.12. The van der Waals surface area contributed by atoms with Crippen LogP contribution in [0.1, 0.15) is 5.89 Å². The van der Waals surface area contributed by atoms with E-state index in [1.807, 2.05) is 30.3 Å². The van der Waals surface area contributed by atoms with Crippen LogP contribution in [0.2, 0.25) is 0 Å². The van der Waals surface area contributed by atoms with Gasteiger partial charge in [-0.2, -0.15) is 0 Å². The Bertz CT molecular complexity index is 1270. The highest BCUT2D eigenvalue weighted by atomic mass is 32.2. The predicted octanol–water partition coefficient (Wildman–Crippen LogP) is 5.13. The lowest BCUT2D eigenvalue weighted by Gasteiger charge is -2.03. The van der Waals surface area contributed by atoms with E-state index in [4.69, 9.17) is 9.15 Å². The van der Waals surface area contributed by atoms with Crippen LogP contribution in [0, 0.1) is 5.82 Å². The summed E-state index contributed by atoms with van der Waals surface area (Å²) in [7, 11) is -3.30. The van der Waals surface area contributed by atoms with Gasteiger partial charge in [-0.05, 0) is 24.3 Å². The van der Waals surface area contributed by atoms with Crippen molar-refractivity contribution in [2.24, 2.45) is 0 Å². The Morgan fingerprint density at radius 2 is 1.67 bits per heavy atom. The first-order chi connectivity index (χ1) is 14.4. The van der Waals surface area contributed by atoms with Crippen LogP contribution in [-0.4, -0.2) is 19.7 Å². The molecule has 0 amide bonds. The molecule has 0 radical (unpaired) electrons. The van der Waals surface area contributed by atoms with Crippen LogP contribution in [0.5, 0.6) is 5.75 Å².